The molecule has 1 aromatic rings. The van der Waals surface area contributed by atoms with Crippen molar-refractivity contribution in [2.75, 3.05) is 5.75 Å². The maximum absolute atomic E-state index is 11.9. The molecule has 3 nitrogen and oxygen atoms in total. The lowest BCUT2D eigenvalue weighted by Crippen LogP contribution is -2.28. The van der Waals surface area contributed by atoms with Gasteiger partial charge in [0.2, 0.25) is 0 Å². The third-order valence-corrected chi connectivity index (χ3v) is 4.04. The van der Waals surface area contributed by atoms with Crippen molar-refractivity contribution < 1.29 is 14.5 Å². The fourth-order valence-corrected chi connectivity index (χ4v) is 3.18. The van der Waals surface area contributed by atoms with E-state index in [2.05, 4.69) is 0 Å². The molecule has 0 aliphatic carbocycles. The average Bonchev–Trinajstić information content (AvgIpc) is 2.26. The predicted molar refractivity (Wildman–Crippen MR) is 69.1 cm³/mol. The van der Waals surface area contributed by atoms with E-state index in [1.807, 2.05) is 44.2 Å². The fraction of sp³-hybridized carbons (Fsp3) is 0.462. The first-order valence-corrected chi connectivity index (χ1v) is 7.11. The number of carbonyl (C=O) groups is 1. The molecule has 2 atom stereocenters. The molecule has 0 heterocycles. The Kier molecular flexibility index (Phi) is 5.51. The van der Waals surface area contributed by atoms with Crippen molar-refractivity contribution in [3.05, 3.63) is 35.9 Å². The summed E-state index contributed by atoms with van der Waals surface area (Å²) < 4.78 is 11.9. The molecule has 1 aromatic carbocycles. The second-order valence-electron chi connectivity index (χ2n) is 4.43. The quantitative estimate of drug-likeness (QED) is 0.792. The molecule has 0 saturated heterocycles. The Morgan fingerprint density at radius 3 is 2.41 bits per heavy atom. The Bertz CT molecular complexity index is 351. The van der Waals surface area contributed by atoms with Gasteiger partial charge in [-0.25, -0.2) is 0 Å². The van der Waals surface area contributed by atoms with E-state index in [-0.39, 0.29) is 11.7 Å². The molecule has 0 spiro atoms. The predicted octanol–water partition coefficient (Wildman–Crippen LogP) is 2.29. The van der Waals surface area contributed by atoms with Crippen molar-refractivity contribution in [2.45, 2.75) is 19.6 Å². The highest BCUT2D eigenvalue weighted by Crippen LogP contribution is 2.16. The lowest BCUT2D eigenvalue weighted by atomic mass is 9.98. The Morgan fingerprint density at radius 2 is 1.94 bits per heavy atom. The van der Waals surface area contributed by atoms with Gasteiger partial charge in [-0.2, -0.15) is 0 Å². The van der Waals surface area contributed by atoms with Crippen molar-refractivity contribution in [1.82, 2.24) is 0 Å². The molecule has 0 aromatic heterocycles. The van der Waals surface area contributed by atoms with Gasteiger partial charge in [0.05, 0.1) is 0 Å². The molecular weight excluding hydrogens is 236 g/mol. The summed E-state index contributed by atoms with van der Waals surface area (Å²) >= 11 is -1.12. The first-order valence-electron chi connectivity index (χ1n) is 5.62. The number of hydrogen-bond donors (Lipinski definition) is 1. The van der Waals surface area contributed by atoms with Crippen LogP contribution in [0.4, 0.5) is 0 Å². The molecule has 0 radical (unpaired) electrons. The number of carboxylic acid groups (broad SMARTS) is 1. The lowest BCUT2D eigenvalue weighted by Gasteiger charge is -2.18. The van der Waals surface area contributed by atoms with Crippen LogP contribution >= 0.6 is 0 Å². The number of aliphatic carboxylic acids is 1. The van der Waals surface area contributed by atoms with Gasteiger partial charge in [-0.15, -0.1) is 0 Å². The van der Waals surface area contributed by atoms with Crippen LogP contribution in [0.1, 0.15) is 19.4 Å². The number of benzene rings is 1. The minimum atomic E-state index is -1.12. The van der Waals surface area contributed by atoms with Gasteiger partial charge in [-0.3, -0.25) is 4.79 Å². The average molecular weight is 254 g/mol. The van der Waals surface area contributed by atoms with Crippen LogP contribution in [0.2, 0.25) is 0 Å². The van der Waals surface area contributed by atoms with E-state index in [0.717, 1.165) is 5.56 Å². The van der Waals surface area contributed by atoms with E-state index in [4.69, 9.17) is 5.11 Å². The highest BCUT2D eigenvalue weighted by Gasteiger charge is 2.27. The van der Waals surface area contributed by atoms with Crippen LogP contribution in [0.15, 0.2) is 30.3 Å². The first-order chi connectivity index (χ1) is 8.00. The van der Waals surface area contributed by atoms with Crippen molar-refractivity contribution in [3.8, 4) is 0 Å². The van der Waals surface area contributed by atoms with E-state index in [1.165, 1.54) is 0 Å². The van der Waals surface area contributed by atoms with E-state index in [0.29, 0.717) is 5.75 Å². The maximum Gasteiger partial charge on any atom is 0.311 e. The molecule has 0 amide bonds. The summed E-state index contributed by atoms with van der Waals surface area (Å²) in [5, 5.41) is 9.02. The summed E-state index contributed by atoms with van der Waals surface area (Å²) in [7, 11) is 0. The van der Waals surface area contributed by atoms with Gasteiger partial charge in [-0.1, -0.05) is 44.2 Å². The van der Waals surface area contributed by atoms with Crippen molar-refractivity contribution >= 4 is 17.1 Å². The third-order valence-electron chi connectivity index (χ3n) is 2.66. The molecule has 17 heavy (non-hydrogen) atoms. The smallest absolute Gasteiger partial charge is 0.311 e. The zero-order valence-corrected chi connectivity index (χ0v) is 10.9. The zero-order valence-electron chi connectivity index (χ0n) is 10.1. The van der Waals surface area contributed by atoms with Crippen molar-refractivity contribution in [3.63, 3.8) is 0 Å². The van der Waals surface area contributed by atoms with Gasteiger partial charge in [0.1, 0.15) is 17.4 Å². The number of carboxylic acids is 1. The molecule has 0 bridgehead atoms. The number of rotatable bonds is 6. The molecule has 0 fully saturated rings. The van der Waals surface area contributed by atoms with Crippen molar-refractivity contribution in [2.24, 2.45) is 11.8 Å². The zero-order chi connectivity index (χ0) is 12.8. The molecule has 1 rings (SSSR count). The molecule has 0 aliphatic rings. The van der Waals surface area contributed by atoms with Gasteiger partial charge in [0.15, 0.2) is 0 Å². The van der Waals surface area contributed by atoms with Gasteiger partial charge in [0, 0.05) is 5.56 Å². The summed E-state index contributed by atoms with van der Waals surface area (Å²) in [5.41, 5.74) is 0.985. The normalized spacial score (nSPS) is 14.6. The van der Waals surface area contributed by atoms with E-state index >= 15 is 0 Å². The molecule has 4 heteroatoms. The largest absolute Gasteiger partial charge is 0.616 e. The fourth-order valence-electron chi connectivity index (χ4n) is 1.57. The van der Waals surface area contributed by atoms with Crippen LogP contribution in [0, 0.1) is 11.8 Å². The Balaban J connectivity index is 2.54. The van der Waals surface area contributed by atoms with Gasteiger partial charge >= 0.3 is 5.97 Å². The summed E-state index contributed by atoms with van der Waals surface area (Å²) in [6.07, 6.45) is 0. The van der Waals surface area contributed by atoms with Crippen LogP contribution < -0.4 is 0 Å². The minimum absolute atomic E-state index is 0.00669. The number of hydrogen-bond acceptors (Lipinski definition) is 2. The standard InChI is InChI=1S/C13H18O3S/c1-10(2)12(13(14)15)9-17(16)8-11-6-4-3-5-7-11/h3-7,10,12H,8-9H2,1-2H3,(H,14,15)/t12-,17?/m1/s1. The highest BCUT2D eigenvalue weighted by atomic mass is 32.2. The first kappa shape index (κ1) is 14.1. The van der Waals surface area contributed by atoms with E-state index in [1.54, 1.807) is 0 Å². The van der Waals surface area contributed by atoms with E-state index < -0.39 is 23.1 Å². The van der Waals surface area contributed by atoms with Gasteiger partial charge < -0.3 is 9.66 Å². The van der Waals surface area contributed by atoms with Crippen LogP contribution in [0.5, 0.6) is 0 Å². The van der Waals surface area contributed by atoms with E-state index in [9.17, 15) is 9.35 Å². The SMILES string of the molecule is CC(C)[C@@H](C[S+]([O-])Cc1ccccc1)C(=O)O. The Morgan fingerprint density at radius 1 is 1.35 bits per heavy atom. The van der Waals surface area contributed by atoms with Gasteiger partial charge in [0.25, 0.3) is 0 Å². The van der Waals surface area contributed by atoms with Crippen LogP contribution in [0.3, 0.4) is 0 Å². The second kappa shape index (κ2) is 6.67. The summed E-state index contributed by atoms with van der Waals surface area (Å²) in [5.74, 6) is -0.729. The molecule has 0 aliphatic heterocycles. The summed E-state index contributed by atoms with van der Waals surface area (Å²) in [6, 6.07) is 9.50. The van der Waals surface area contributed by atoms with Crippen molar-refractivity contribution in [1.29, 1.82) is 0 Å². The Hall–Kier alpha value is -1.00. The Labute approximate surface area is 105 Å². The highest BCUT2D eigenvalue weighted by molar-refractivity contribution is 7.90. The summed E-state index contributed by atoms with van der Waals surface area (Å²) in [4.78, 5) is 11.0. The molecule has 1 unspecified atom stereocenters. The summed E-state index contributed by atoms with van der Waals surface area (Å²) in [6.45, 7) is 3.69. The van der Waals surface area contributed by atoms with Crippen LogP contribution in [-0.4, -0.2) is 21.4 Å². The molecular formula is C13H18O3S. The van der Waals surface area contributed by atoms with Gasteiger partial charge in [-0.05, 0) is 17.1 Å². The second-order valence-corrected chi connectivity index (χ2v) is 5.93. The topological polar surface area (TPSA) is 60.4 Å². The molecule has 0 saturated carbocycles. The minimum Gasteiger partial charge on any atom is -0.616 e. The lowest BCUT2D eigenvalue weighted by molar-refractivity contribution is -0.142. The molecule has 1 N–H and O–H groups in total. The maximum atomic E-state index is 11.9. The monoisotopic (exact) mass is 254 g/mol. The third kappa shape index (κ3) is 4.79. The van der Waals surface area contributed by atoms with Crippen LogP contribution in [0.25, 0.3) is 0 Å². The van der Waals surface area contributed by atoms with Crippen LogP contribution in [-0.2, 0) is 21.7 Å². The molecule has 94 valence electrons.